The van der Waals surface area contributed by atoms with Crippen LogP contribution in [-0.4, -0.2) is 37.5 Å². The van der Waals surface area contributed by atoms with E-state index in [0.29, 0.717) is 5.69 Å². The Bertz CT molecular complexity index is 587. The summed E-state index contributed by atoms with van der Waals surface area (Å²) in [6.45, 7) is 1.94. The molecule has 0 spiro atoms. The molecule has 0 heterocycles. The van der Waals surface area contributed by atoms with Crippen molar-refractivity contribution in [2.24, 2.45) is 5.14 Å². The Balaban J connectivity index is 3.05. The van der Waals surface area contributed by atoms with Gasteiger partial charge in [0.15, 0.2) is 0 Å². The van der Waals surface area contributed by atoms with Gasteiger partial charge < -0.3 is 10.4 Å². The minimum atomic E-state index is -3.91. The maximum absolute atomic E-state index is 11.2. The number of carbonyl (C=O) groups is 1. The summed E-state index contributed by atoms with van der Waals surface area (Å²) in [7, 11) is -3.91. The molecule has 0 bridgehead atoms. The molecule has 0 aliphatic heterocycles. The van der Waals surface area contributed by atoms with E-state index in [-0.39, 0.29) is 16.5 Å². The van der Waals surface area contributed by atoms with Crippen LogP contribution >= 0.6 is 11.8 Å². The fourth-order valence-electron chi connectivity index (χ4n) is 1.64. The van der Waals surface area contributed by atoms with E-state index in [2.05, 4.69) is 5.32 Å². The molecule has 0 aliphatic rings. The lowest BCUT2D eigenvalue weighted by atomic mass is 10.1. The van der Waals surface area contributed by atoms with Gasteiger partial charge in [0.05, 0.1) is 10.5 Å². The standard InChI is InChI=1S/C12H18N2O4S2/c1-8(5-6-19-2)14-11-4-3-9(20(13,17)18)7-10(11)12(15)16/h3-4,7-8,14H,5-6H2,1-2H3,(H,15,16)(H2,13,17,18). The molecule has 1 unspecified atom stereocenters. The molecule has 0 fully saturated rings. The second kappa shape index (κ2) is 6.96. The first-order valence-corrected chi connectivity index (χ1v) is 8.85. The van der Waals surface area contributed by atoms with Crippen molar-refractivity contribution in [3.8, 4) is 0 Å². The number of nitrogens with one attached hydrogen (secondary N) is 1. The molecular formula is C12H18N2O4S2. The Morgan fingerprint density at radius 2 is 2.15 bits per heavy atom. The maximum atomic E-state index is 11.2. The Morgan fingerprint density at radius 1 is 1.50 bits per heavy atom. The second-order valence-electron chi connectivity index (χ2n) is 4.38. The first-order valence-electron chi connectivity index (χ1n) is 5.91. The molecule has 1 atom stereocenters. The molecule has 4 N–H and O–H groups in total. The monoisotopic (exact) mass is 318 g/mol. The van der Waals surface area contributed by atoms with E-state index < -0.39 is 16.0 Å². The van der Waals surface area contributed by atoms with Crippen LogP contribution in [0.25, 0.3) is 0 Å². The highest BCUT2D eigenvalue weighted by atomic mass is 32.2. The lowest BCUT2D eigenvalue weighted by molar-refractivity contribution is 0.0697. The van der Waals surface area contributed by atoms with Gasteiger partial charge in [0.2, 0.25) is 10.0 Å². The summed E-state index contributed by atoms with van der Waals surface area (Å²) in [6, 6.07) is 3.88. The van der Waals surface area contributed by atoms with E-state index in [1.807, 2.05) is 13.2 Å². The summed E-state index contributed by atoms with van der Waals surface area (Å²) in [5.74, 6) is -0.249. The predicted molar refractivity (Wildman–Crippen MR) is 80.9 cm³/mol. The van der Waals surface area contributed by atoms with Crippen LogP contribution in [0, 0.1) is 0 Å². The van der Waals surface area contributed by atoms with Crippen molar-refractivity contribution in [3.63, 3.8) is 0 Å². The number of hydrogen-bond acceptors (Lipinski definition) is 5. The van der Waals surface area contributed by atoms with Gasteiger partial charge in [0.25, 0.3) is 0 Å². The third-order valence-electron chi connectivity index (χ3n) is 2.71. The predicted octanol–water partition coefficient (Wildman–Crippen LogP) is 1.59. The molecule has 8 heteroatoms. The molecule has 1 rings (SSSR count). The molecule has 6 nitrogen and oxygen atoms in total. The molecule has 1 aromatic carbocycles. The number of benzene rings is 1. The number of sulfonamides is 1. The fraction of sp³-hybridized carbons (Fsp3) is 0.417. The van der Waals surface area contributed by atoms with Gasteiger partial charge in [-0.05, 0) is 43.6 Å². The van der Waals surface area contributed by atoms with Gasteiger partial charge in [-0.1, -0.05) is 0 Å². The number of thioether (sulfide) groups is 1. The van der Waals surface area contributed by atoms with Gasteiger partial charge in [0, 0.05) is 11.7 Å². The molecule has 0 aromatic heterocycles. The van der Waals surface area contributed by atoms with Gasteiger partial charge in [-0.3, -0.25) is 0 Å². The highest BCUT2D eigenvalue weighted by Crippen LogP contribution is 2.21. The Labute approximate surface area is 122 Å². The molecule has 0 aliphatic carbocycles. The molecule has 20 heavy (non-hydrogen) atoms. The van der Waals surface area contributed by atoms with Crippen LogP contribution in [0.15, 0.2) is 23.1 Å². The molecule has 0 saturated carbocycles. The highest BCUT2D eigenvalue weighted by molar-refractivity contribution is 7.98. The average Bonchev–Trinajstić information content (AvgIpc) is 2.35. The topological polar surface area (TPSA) is 109 Å². The Morgan fingerprint density at radius 3 is 2.65 bits per heavy atom. The van der Waals surface area contributed by atoms with Gasteiger partial charge in [-0.2, -0.15) is 11.8 Å². The van der Waals surface area contributed by atoms with Crippen molar-refractivity contribution in [3.05, 3.63) is 23.8 Å². The van der Waals surface area contributed by atoms with Crippen LogP contribution in [0.3, 0.4) is 0 Å². The van der Waals surface area contributed by atoms with E-state index in [0.717, 1.165) is 18.2 Å². The largest absolute Gasteiger partial charge is 0.478 e. The number of nitrogens with two attached hydrogens (primary N) is 1. The molecular weight excluding hydrogens is 300 g/mol. The number of rotatable bonds is 7. The van der Waals surface area contributed by atoms with E-state index in [1.165, 1.54) is 12.1 Å². The summed E-state index contributed by atoms with van der Waals surface area (Å²) in [6.07, 6.45) is 2.87. The number of anilines is 1. The van der Waals surface area contributed by atoms with Crippen molar-refractivity contribution in [2.75, 3.05) is 17.3 Å². The molecule has 1 aromatic rings. The summed E-state index contributed by atoms with van der Waals surface area (Å²) < 4.78 is 22.5. The third kappa shape index (κ3) is 4.69. The minimum Gasteiger partial charge on any atom is -0.478 e. The number of carboxylic acids is 1. The normalized spacial score (nSPS) is 12.9. The van der Waals surface area contributed by atoms with Crippen molar-refractivity contribution in [1.29, 1.82) is 0 Å². The van der Waals surface area contributed by atoms with Crippen molar-refractivity contribution < 1.29 is 18.3 Å². The van der Waals surface area contributed by atoms with Crippen molar-refractivity contribution >= 4 is 33.4 Å². The van der Waals surface area contributed by atoms with Gasteiger partial charge in [-0.25, -0.2) is 18.4 Å². The zero-order valence-electron chi connectivity index (χ0n) is 11.3. The van der Waals surface area contributed by atoms with Crippen LogP contribution in [0.1, 0.15) is 23.7 Å². The molecule has 0 saturated heterocycles. The van der Waals surface area contributed by atoms with Crippen molar-refractivity contribution in [1.82, 2.24) is 0 Å². The van der Waals surface area contributed by atoms with Crippen LogP contribution in [0.5, 0.6) is 0 Å². The van der Waals surface area contributed by atoms with E-state index in [1.54, 1.807) is 11.8 Å². The summed E-state index contributed by atoms with van der Waals surface area (Å²) in [5, 5.41) is 17.2. The third-order valence-corrected chi connectivity index (χ3v) is 4.26. The average molecular weight is 318 g/mol. The lowest BCUT2D eigenvalue weighted by Gasteiger charge is -2.17. The smallest absolute Gasteiger partial charge is 0.337 e. The highest BCUT2D eigenvalue weighted by Gasteiger charge is 2.16. The van der Waals surface area contributed by atoms with E-state index >= 15 is 0 Å². The van der Waals surface area contributed by atoms with E-state index in [9.17, 15) is 13.2 Å². The Kier molecular flexibility index (Phi) is 5.85. The second-order valence-corrected chi connectivity index (χ2v) is 6.93. The quantitative estimate of drug-likeness (QED) is 0.704. The summed E-state index contributed by atoms with van der Waals surface area (Å²) >= 11 is 1.70. The first-order chi connectivity index (χ1) is 9.25. The first kappa shape index (κ1) is 16.8. The van der Waals surface area contributed by atoms with Gasteiger partial charge in [0.1, 0.15) is 0 Å². The Hall–Kier alpha value is -1.25. The number of hydrogen-bond donors (Lipinski definition) is 3. The lowest BCUT2D eigenvalue weighted by Crippen LogP contribution is -2.19. The van der Waals surface area contributed by atoms with Crippen LogP contribution in [0.2, 0.25) is 0 Å². The van der Waals surface area contributed by atoms with Gasteiger partial charge in [-0.15, -0.1) is 0 Å². The molecule has 0 radical (unpaired) electrons. The van der Waals surface area contributed by atoms with Crippen LogP contribution < -0.4 is 10.5 Å². The summed E-state index contributed by atoms with van der Waals surface area (Å²) in [5.41, 5.74) is 0.283. The molecule has 0 amide bonds. The number of aromatic carboxylic acids is 1. The minimum absolute atomic E-state index is 0.0842. The zero-order chi connectivity index (χ0) is 15.3. The van der Waals surface area contributed by atoms with Crippen LogP contribution in [0.4, 0.5) is 5.69 Å². The maximum Gasteiger partial charge on any atom is 0.337 e. The molecule has 112 valence electrons. The van der Waals surface area contributed by atoms with E-state index in [4.69, 9.17) is 10.2 Å². The fourth-order valence-corrected chi connectivity index (χ4v) is 2.76. The number of carboxylic acid groups (broad SMARTS) is 1. The van der Waals surface area contributed by atoms with Crippen molar-refractivity contribution in [2.45, 2.75) is 24.3 Å². The number of primary sulfonamides is 1. The summed E-state index contributed by atoms with van der Waals surface area (Å²) in [4.78, 5) is 11.0. The van der Waals surface area contributed by atoms with Gasteiger partial charge >= 0.3 is 5.97 Å². The SMILES string of the molecule is CSCCC(C)Nc1ccc(S(N)(=O)=O)cc1C(=O)O. The van der Waals surface area contributed by atoms with Crippen LogP contribution in [-0.2, 0) is 10.0 Å². The zero-order valence-corrected chi connectivity index (χ0v) is 12.9.